The molecule has 0 saturated carbocycles. The summed E-state index contributed by atoms with van der Waals surface area (Å²) in [5.41, 5.74) is -7.15. The SMILES string of the molecule is CCSC(CC)(CC)C(C(=O)O)(C(CS)C(=O)O)n1c(=O)[nH]c(=O)n(C(CS)C(=O)O)c1=O. The topological polar surface area (TPSA) is 189 Å². The van der Waals surface area contributed by atoms with E-state index in [4.69, 9.17) is 0 Å². The number of thiol groups is 2. The Hall–Kier alpha value is -2.13. The van der Waals surface area contributed by atoms with E-state index in [2.05, 4.69) is 25.3 Å². The first-order valence-corrected chi connectivity index (χ1v) is 12.2. The van der Waals surface area contributed by atoms with E-state index in [9.17, 15) is 44.1 Å². The van der Waals surface area contributed by atoms with Crippen molar-refractivity contribution < 1.29 is 29.7 Å². The van der Waals surface area contributed by atoms with Crippen LogP contribution in [0.1, 0.15) is 39.7 Å². The van der Waals surface area contributed by atoms with Crippen LogP contribution in [-0.2, 0) is 19.9 Å². The van der Waals surface area contributed by atoms with Gasteiger partial charge in [0.15, 0.2) is 5.54 Å². The maximum Gasteiger partial charge on any atom is 0.338 e. The van der Waals surface area contributed by atoms with Crippen LogP contribution in [0.2, 0.25) is 0 Å². The van der Waals surface area contributed by atoms with Crippen molar-refractivity contribution >= 4 is 54.9 Å². The van der Waals surface area contributed by atoms with E-state index in [1.807, 2.05) is 0 Å². The molecule has 15 heteroatoms. The van der Waals surface area contributed by atoms with Gasteiger partial charge in [0.1, 0.15) is 12.0 Å². The number of hydrogen-bond donors (Lipinski definition) is 6. The zero-order valence-electron chi connectivity index (χ0n) is 18.2. The Kier molecular flexibility index (Phi) is 9.93. The Bertz CT molecular complexity index is 1080. The molecule has 0 aliphatic rings. The molecule has 0 aliphatic carbocycles. The molecule has 0 fully saturated rings. The Morgan fingerprint density at radius 3 is 1.85 bits per heavy atom. The maximum atomic E-state index is 13.5. The van der Waals surface area contributed by atoms with Gasteiger partial charge in [-0.1, -0.05) is 20.8 Å². The quantitative estimate of drug-likeness (QED) is 0.191. The lowest BCUT2D eigenvalue weighted by molar-refractivity contribution is -0.163. The van der Waals surface area contributed by atoms with Crippen LogP contribution in [0.25, 0.3) is 0 Å². The first-order chi connectivity index (χ1) is 15.4. The predicted molar refractivity (Wildman–Crippen MR) is 128 cm³/mol. The van der Waals surface area contributed by atoms with E-state index in [-0.39, 0.29) is 22.0 Å². The standard InChI is InChI=1S/C18H27N3O9S3/c1-4-17(5-2,33-6-3)18(13(26)27,9(7-31)11(22)23)21-15(29)19-14(28)20(16(21)30)10(8-32)12(24)25/h9-10,31-32H,4-8H2,1-3H3,(H,22,23)(H,24,25)(H,26,27)(H,19,28,29). The number of aliphatic carboxylic acids is 3. The third-order valence-corrected chi connectivity index (χ3v) is 8.16. The predicted octanol–water partition coefficient (Wildman–Crippen LogP) is -0.0238. The molecule has 0 aliphatic heterocycles. The zero-order valence-corrected chi connectivity index (χ0v) is 20.8. The van der Waals surface area contributed by atoms with Gasteiger partial charge >= 0.3 is 35.0 Å². The highest BCUT2D eigenvalue weighted by molar-refractivity contribution is 8.00. The number of carboxylic acids is 3. The van der Waals surface area contributed by atoms with E-state index in [1.54, 1.807) is 25.8 Å². The second-order valence-corrected chi connectivity index (χ2v) is 9.42. The number of aromatic amines is 1. The number of rotatable bonds is 13. The number of aromatic nitrogens is 3. The molecule has 3 atom stereocenters. The fourth-order valence-corrected chi connectivity index (χ4v) is 6.47. The highest BCUT2D eigenvalue weighted by atomic mass is 32.2. The van der Waals surface area contributed by atoms with Crippen LogP contribution in [0.4, 0.5) is 0 Å². The zero-order chi connectivity index (χ0) is 25.7. The number of carbonyl (C=O) groups is 3. The van der Waals surface area contributed by atoms with E-state index in [0.717, 1.165) is 11.8 Å². The summed E-state index contributed by atoms with van der Waals surface area (Å²) in [7, 11) is 0. The first kappa shape index (κ1) is 28.9. The van der Waals surface area contributed by atoms with Gasteiger partial charge in [-0.3, -0.25) is 9.78 Å². The summed E-state index contributed by atoms with van der Waals surface area (Å²) in [5, 5.41) is 29.9. The Morgan fingerprint density at radius 2 is 1.52 bits per heavy atom. The molecule has 1 heterocycles. The molecule has 0 aromatic carbocycles. The van der Waals surface area contributed by atoms with Crippen molar-refractivity contribution in [1.29, 1.82) is 0 Å². The summed E-state index contributed by atoms with van der Waals surface area (Å²) < 4.78 is -1.20. The lowest BCUT2D eigenvalue weighted by Crippen LogP contribution is -2.72. The van der Waals surface area contributed by atoms with E-state index in [1.165, 1.54) is 0 Å². The average molecular weight is 526 g/mol. The van der Waals surface area contributed by atoms with E-state index in [0.29, 0.717) is 5.75 Å². The van der Waals surface area contributed by atoms with Crippen molar-refractivity contribution in [3.05, 3.63) is 31.5 Å². The minimum Gasteiger partial charge on any atom is -0.481 e. The van der Waals surface area contributed by atoms with Crippen LogP contribution in [0, 0.1) is 5.92 Å². The molecule has 0 radical (unpaired) electrons. The van der Waals surface area contributed by atoms with Gasteiger partial charge in [0.2, 0.25) is 0 Å². The fraction of sp³-hybridized carbons (Fsp3) is 0.667. The van der Waals surface area contributed by atoms with Gasteiger partial charge in [-0.25, -0.2) is 33.1 Å². The smallest absolute Gasteiger partial charge is 0.338 e. The maximum absolute atomic E-state index is 13.5. The monoisotopic (exact) mass is 525 g/mol. The van der Waals surface area contributed by atoms with Crippen LogP contribution in [0.15, 0.2) is 14.4 Å². The fourth-order valence-electron chi connectivity index (χ4n) is 4.23. The summed E-state index contributed by atoms with van der Waals surface area (Å²) in [4.78, 5) is 77.7. The van der Waals surface area contributed by atoms with Crippen LogP contribution in [0.5, 0.6) is 0 Å². The summed E-state index contributed by atoms with van der Waals surface area (Å²) in [6, 6.07) is -1.85. The largest absolute Gasteiger partial charge is 0.481 e. The molecule has 0 saturated heterocycles. The number of nitrogens with zero attached hydrogens (tertiary/aromatic N) is 2. The minimum atomic E-state index is -2.73. The van der Waals surface area contributed by atoms with Crippen LogP contribution < -0.4 is 17.1 Å². The highest BCUT2D eigenvalue weighted by Gasteiger charge is 2.65. The molecular formula is C18H27N3O9S3. The van der Waals surface area contributed by atoms with Crippen molar-refractivity contribution in [3.8, 4) is 0 Å². The molecule has 33 heavy (non-hydrogen) atoms. The molecule has 4 N–H and O–H groups in total. The van der Waals surface area contributed by atoms with E-state index < -0.39 is 68.7 Å². The molecule has 0 spiro atoms. The van der Waals surface area contributed by atoms with Gasteiger partial charge in [0, 0.05) is 11.5 Å². The second kappa shape index (κ2) is 11.3. The van der Waals surface area contributed by atoms with E-state index >= 15 is 0 Å². The lowest BCUT2D eigenvalue weighted by Gasteiger charge is -2.49. The number of nitrogens with one attached hydrogen (secondary N) is 1. The van der Waals surface area contributed by atoms with Gasteiger partial charge in [0.05, 0.1) is 4.75 Å². The van der Waals surface area contributed by atoms with Gasteiger partial charge < -0.3 is 15.3 Å². The third kappa shape index (κ3) is 4.62. The first-order valence-electron chi connectivity index (χ1n) is 9.91. The van der Waals surface area contributed by atoms with Crippen molar-refractivity contribution in [2.24, 2.45) is 5.92 Å². The molecular weight excluding hydrogens is 498 g/mol. The van der Waals surface area contributed by atoms with Crippen LogP contribution in [0.3, 0.4) is 0 Å². The van der Waals surface area contributed by atoms with Crippen molar-refractivity contribution in [2.75, 3.05) is 17.3 Å². The number of thioether (sulfide) groups is 1. The van der Waals surface area contributed by atoms with Gasteiger partial charge in [-0.15, -0.1) is 0 Å². The number of carboxylic acid groups (broad SMARTS) is 3. The van der Waals surface area contributed by atoms with Crippen LogP contribution >= 0.6 is 37.0 Å². The third-order valence-electron chi connectivity index (χ3n) is 5.72. The van der Waals surface area contributed by atoms with Crippen molar-refractivity contribution in [3.63, 3.8) is 0 Å². The highest BCUT2D eigenvalue weighted by Crippen LogP contribution is 2.50. The number of H-pyrrole nitrogens is 1. The molecule has 1 aromatic rings. The van der Waals surface area contributed by atoms with Crippen molar-refractivity contribution in [2.45, 2.75) is 49.9 Å². The number of hydrogen-bond acceptors (Lipinski definition) is 9. The summed E-state index contributed by atoms with van der Waals surface area (Å²) >= 11 is 8.92. The lowest BCUT2D eigenvalue weighted by atomic mass is 9.70. The summed E-state index contributed by atoms with van der Waals surface area (Å²) in [6.07, 6.45) is 0.0393. The Labute approximate surface area is 203 Å². The minimum absolute atomic E-state index is 0.0196. The van der Waals surface area contributed by atoms with Gasteiger partial charge in [-0.05, 0) is 18.6 Å². The van der Waals surface area contributed by atoms with Gasteiger partial charge in [0.25, 0.3) is 0 Å². The molecule has 0 amide bonds. The normalized spacial score (nSPS) is 15.4. The molecule has 0 bridgehead atoms. The van der Waals surface area contributed by atoms with Crippen LogP contribution in [-0.4, -0.2) is 69.4 Å². The summed E-state index contributed by atoms with van der Waals surface area (Å²) in [5.74, 6) is -7.78. The molecule has 12 nitrogen and oxygen atoms in total. The second-order valence-electron chi connectivity index (χ2n) is 7.04. The molecule has 3 unspecified atom stereocenters. The Morgan fingerprint density at radius 1 is 0.970 bits per heavy atom. The average Bonchev–Trinajstić information content (AvgIpc) is 2.73. The van der Waals surface area contributed by atoms with Gasteiger partial charge in [-0.2, -0.15) is 37.0 Å². The van der Waals surface area contributed by atoms with Crippen molar-refractivity contribution in [1.82, 2.24) is 14.1 Å². The molecule has 1 rings (SSSR count). The Balaban J connectivity index is 4.54. The summed E-state index contributed by atoms with van der Waals surface area (Å²) in [6.45, 7) is 4.87. The molecule has 186 valence electrons. The molecule has 1 aromatic heterocycles.